The Balaban J connectivity index is 1.90. The molecular formula is C13H16N2OS2. The second-order valence-corrected chi connectivity index (χ2v) is 6.41. The van der Waals surface area contributed by atoms with E-state index in [0.29, 0.717) is 5.75 Å². The van der Waals surface area contributed by atoms with Crippen LogP contribution in [0.25, 0.3) is 0 Å². The normalized spacial score (nSPS) is 14.4. The smallest absolute Gasteiger partial charge is 0.234 e. The fourth-order valence-electron chi connectivity index (χ4n) is 1.72. The molecule has 2 rings (SSSR count). The molecule has 1 aromatic rings. The number of carbonyl (C=O) groups is 1. The number of carbonyl (C=O) groups excluding carboxylic acids is 1. The minimum atomic E-state index is 0.0348. The fourth-order valence-corrected chi connectivity index (χ4v) is 3.53. The number of aliphatic imine (C=N–C) groups is 1. The standard InChI is InChI=1S/C13H16N2OS2/c1-9-4-3-5-10(2)12(9)15-11(16)8-18-13-14-6-7-17-13/h3-5H,6-8H2,1-2H3,(H,15,16). The van der Waals surface area contributed by atoms with Crippen molar-refractivity contribution in [1.82, 2.24) is 0 Å². The number of aryl methyl sites for hydroxylation is 2. The Morgan fingerprint density at radius 2 is 2.17 bits per heavy atom. The molecule has 1 aromatic carbocycles. The number of para-hydroxylation sites is 1. The predicted molar refractivity (Wildman–Crippen MR) is 81.8 cm³/mol. The molecule has 0 radical (unpaired) electrons. The summed E-state index contributed by atoms with van der Waals surface area (Å²) >= 11 is 3.25. The average molecular weight is 280 g/mol. The summed E-state index contributed by atoms with van der Waals surface area (Å²) in [5.41, 5.74) is 3.13. The van der Waals surface area contributed by atoms with Gasteiger partial charge in [0, 0.05) is 11.4 Å². The maximum atomic E-state index is 11.9. The highest BCUT2D eigenvalue weighted by atomic mass is 32.2. The topological polar surface area (TPSA) is 41.5 Å². The Hall–Kier alpha value is -0.940. The molecule has 3 nitrogen and oxygen atoms in total. The van der Waals surface area contributed by atoms with Gasteiger partial charge in [-0.15, -0.1) is 0 Å². The number of anilines is 1. The molecule has 0 atom stereocenters. The van der Waals surface area contributed by atoms with Crippen LogP contribution in [0.5, 0.6) is 0 Å². The summed E-state index contributed by atoms with van der Waals surface area (Å²) in [6, 6.07) is 6.01. The van der Waals surface area contributed by atoms with E-state index in [1.165, 1.54) is 11.8 Å². The van der Waals surface area contributed by atoms with Gasteiger partial charge in [0.25, 0.3) is 0 Å². The number of nitrogens with zero attached hydrogens (tertiary/aromatic N) is 1. The van der Waals surface area contributed by atoms with Gasteiger partial charge in [-0.05, 0) is 25.0 Å². The minimum Gasteiger partial charge on any atom is -0.325 e. The molecule has 0 bridgehead atoms. The van der Waals surface area contributed by atoms with Gasteiger partial charge < -0.3 is 5.32 Å². The fraction of sp³-hybridized carbons (Fsp3) is 0.385. The molecule has 1 N–H and O–H groups in total. The van der Waals surface area contributed by atoms with Gasteiger partial charge in [-0.3, -0.25) is 9.79 Å². The maximum absolute atomic E-state index is 11.9. The molecule has 0 saturated heterocycles. The zero-order valence-electron chi connectivity index (χ0n) is 10.5. The molecular weight excluding hydrogens is 264 g/mol. The first kappa shape index (κ1) is 13.5. The van der Waals surface area contributed by atoms with Gasteiger partial charge in [0.05, 0.1) is 12.3 Å². The SMILES string of the molecule is Cc1cccc(C)c1NC(=O)CSC1=NCCS1. The summed E-state index contributed by atoms with van der Waals surface area (Å²) in [7, 11) is 0. The minimum absolute atomic E-state index is 0.0348. The van der Waals surface area contributed by atoms with Crippen molar-refractivity contribution < 1.29 is 4.79 Å². The van der Waals surface area contributed by atoms with E-state index in [1.807, 2.05) is 32.0 Å². The van der Waals surface area contributed by atoms with Crippen LogP contribution in [0.15, 0.2) is 23.2 Å². The summed E-state index contributed by atoms with van der Waals surface area (Å²) in [6.45, 7) is 4.89. The summed E-state index contributed by atoms with van der Waals surface area (Å²) in [5, 5.41) is 2.98. The van der Waals surface area contributed by atoms with Crippen LogP contribution in [0.4, 0.5) is 5.69 Å². The third kappa shape index (κ3) is 3.53. The third-order valence-corrected chi connectivity index (χ3v) is 4.88. The van der Waals surface area contributed by atoms with Crippen LogP contribution in [0, 0.1) is 13.8 Å². The molecule has 1 aliphatic heterocycles. The average Bonchev–Trinajstić information content (AvgIpc) is 2.84. The van der Waals surface area contributed by atoms with Crippen molar-refractivity contribution in [3.63, 3.8) is 0 Å². The summed E-state index contributed by atoms with van der Waals surface area (Å²) < 4.78 is 1.03. The number of amides is 1. The molecule has 1 amide bonds. The lowest BCUT2D eigenvalue weighted by molar-refractivity contribution is -0.113. The number of thioether (sulfide) groups is 2. The lowest BCUT2D eigenvalue weighted by atomic mass is 10.1. The Morgan fingerprint density at radius 1 is 1.44 bits per heavy atom. The van der Waals surface area contributed by atoms with Gasteiger partial charge in [-0.1, -0.05) is 41.7 Å². The number of hydrogen-bond acceptors (Lipinski definition) is 4. The van der Waals surface area contributed by atoms with Crippen LogP contribution in [-0.4, -0.2) is 28.3 Å². The number of benzene rings is 1. The van der Waals surface area contributed by atoms with Crippen LogP contribution in [0.1, 0.15) is 11.1 Å². The van der Waals surface area contributed by atoms with Gasteiger partial charge in [-0.2, -0.15) is 0 Å². The molecule has 0 aromatic heterocycles. The third-order valence-electron chi connectivity index (χ3n) is 2.63. The van der Waals surface area contributed by atoms with Crippen LogP contribution < -0.4 is 5.32 Å². The van der Waals surface area contributed by atoms with E-state index in [-0.39, 0.29) is 5.91 Å². The van der Waals surface area contributed by atoms with E-state index in [2.05, 4.69) is 10.3 Å². The first-order valence-electron chi connectivity index (χ1n) is 5.83. The highest BCUT2D eigenvalue weighted by Crippen LogP contribution is 2.23. The summed E-state index contributed by atoms with van der Waals surface area (Å²) in [6.07, 6.45) is 0. The van der Waals surface area contributed by atoms with E-state index < -0.39 is 0 Å². The Labute approximate surface area is 116 Å². The Morgan fingerprint density at radius 3 is 2.78 bits per heavy atom. The Kier molecular flexibility index (Phi) is 4.72. The van der Waals surface area contributed by atoms with Gasteiger partial charge in [0.2, 0.25) is 5.91 Å². The van der Waals surface area contributed by atoms with Crippen molar-refractivity contribution in [2.24, 2.45) is 4.99 Å². The van der Waals surface area contributed by atoms with Crippen molar-refractivity contribution in [3.8, 4) is 0 Å². The van der Waals surface area contributed by atoms with E-state index in [1.54, 1.807) is 11.8 Å². The first-order valence-corrected chi connectivity index (χ1v) is 7.80. The lowest BCUT2D eigenvalue weighted by Crippen LogP contribution is -2.16. The zero-order valence-corrected chi connectivity index (χ0v) is 12.2. The summed E-state index contributed by atoms with van der Waals surface area (Å²) in [4.78, 5) is 16.2. The molecule has 18 heavy (non-hydrogen) atoms. The molecule has 0 unspecified atom stereocenters. The molecule has 0 aliphatic carbocycles. The van der Waals surface area contributed by atoms with Crippen LogP contribution in [0.2, 0.25) is 0 Å². The van der Waals surface area contributed by atoms with Crippen molar-refractivity contribution >= 4 is 39.5 Å². The highest BCUT2D eigenvalue weighted by Gasteiger charge is 2.12. The molecule has 1 heterocycles. The van der Waals surface area contributed by atoms with E-state index in [0.717, 1.165) is 33.5 Å². The van der Waals surface area contributed by atoms with E-state index >= 15 is 0 Å². The molecule has 5 heteroatoms. The lowest BCUT2D eigenvalue weighted by Gasteiger charge is -2.11. The van der Waals surface area contributed by atoms with E-state index in [9.17, 15) is 4.79 Å². The quantitative estimate of drug-likeness (QED) is 0.925. The maximum Gasteiger partial charge on any atom is 0.234 e. The number of nitrogens with one attached hydrogen (secondary N) is 1. The van der Waals surface area contributed by atoms with Gasteiger partial charge in [0.1, 0.15) is 4.38 Å². The predicted octanol–water partition coefficient (Wildman–Crippen LogP) is 3.08. The molecule has 0 spiro atoms. The molecule has 96 valence electrons. The number of hydrogen-bond donors (Lipinski definition) is 1. The van der Waals surface area contributed by atoms with Gasteiger partial charge >= 0.3 is 0 Å². The van der Waals surface area contributed by atoms with Gasteiger partial charge in [-0.25, -0.2) is 0 Å². The van der Waals surface area contributed by atoms with E-state index in [4.69, 9.17) is 0 Å². The first-order chi connectivity index (χ1) is 8.66. The number of rotatable bonds is 3. The van der Waals surface area contributed by atoms with Crippen molar-refractivity contribution in [2.45, 2.75) is 13.8 Å². The molecule has 0 saturated carbocycles. The highest BCUT2D eigenvalue weighted by molar-refractivity contribution is 8.39. The molecule has 1 aliphatic rings. The van der Waals surface area contributed by atoms with Crippen molar-refractivity contribution in [1.29, 1.82) is 0 Å². The zero-order chi connectivity index (χ0) is 13.0. The second-order valence-electron chi connectivity index (χ2n) is 4.10. The largest absolute Gasteiger partial charge is 0.325 e. The second kappa shape index (κ2) is 6.29. The van der Waals surface area contributed by atoms with Crippen molar-refractivity contribution in [2.75, 3.05) is 23.4 Å². The van der Waals surface area contributed by atoms with Crippen molar-refractivity contribution in [3.05, 3.63) is 29.3 Å². The van der Waals surface area contributed by atoms with Crippen LogP contribution >= 0.6 is 23.5 Å². The van der Waals surface area contributed by atoms with Gasteiger partial charge in [0.15, 0.2) is 0 Å². The summed E-state index contributed by atoms with van der Waals surface area (Å²) in [5.74, 6) is 1.51. The Bertz CT molecular complexity index is 466. The molecule has 0 fully saturated rings. The monoisotopic (exact) mass is 280 g/mol. The van der Waals surface area contributed by atoms with Crippen LogP contribution in [-0.2, 0) is 4.79 Å². The van der Waals surface area contributed by atoms with Crippen LogP contribution in [0.3, 0.4) is 0 Å².